The van der Waals surface area contributed by atoms with E-state index in [1.165, 1.54) is 23.9 Å². The molecule has 2 N–H and O–H groups in total. The molecule has 3 rings (SSSR count). The predicted molar refractivity (Wildman–Crippen MR) is 94.7 cm³/mol. The number of nitrogens with zero attached hydrogens (tertiary/aromatic N) is 3. The van der Waals surface area contributed by atoms with Crippen LogP contribution in [0.4, 0.5) is 11.4 Å². The van der Waals surface area contributed by atoms with E-state index >= 15 is 0 Å². The van der Waals surface area contributed by atoms with Crippen LogP contribution in [0.5, 0.6) is 0 Å². The monoisotopic (exact) mass is 352 g/mol. The van der Waals surface area contributed by atoms with Gasteiger partial charge in [0.05, 0.1) is 23.6 Å². The van der Waals surface area contributed by atoms with E-state index in [2.05, 4.69) is 15.3 Å². The fourth-order valence-electron chi connectivity index (χ4n) is 2.43. The number of benzene rings is 2. The van der Waals surface area contributed by atoms with Gasteiger partial charge in [-0.05, 0) is 24.3 Å². The highest BCUT2D eigenvalue weighted by Crippen LogP contribution is 2.23. The average molecular weight is 352 g/mol. The molecule has 0 atom stereocenters. The van der Waals surface area contributed by atoms with Gasteiger partial charge >= 0.3 is 5.97 Å². The smallest absolute Gasteiger partial charge is 0.337 e. The molecule has 0 amide bonds. The highest BCUT2D eigenvalue weighted by atomic mass is 16.5. The van der Waals surface area contributed by atoms with Crippen molar-refractivity contribution in [3.05, 3.63) is 76.2 Å². The number of aromatic carboxylic acids is 1. The Bertz CT molecular complexity index is 1010. The number of azo groups is 1. The van der Waals surface area contributed by atoms with Crippen molar-refractivity contribution in [1.29, 1.82) is 0 Å². The first-order valence-electron chi connectivity index (χ1n) is 7.74. The van der Waals surface area contributed by atoms with Crippen molar-refractivity contribution in [2.24, 2.45) is 10.2 Å². The Hall–Kier alpha value is -3.52. The molecule has 0 saturated carbocycles. The molecule has 3 aromatic rings. The summed E-state index contributed by atoms with van der Waals surface area (Å²) in [6.07, 6.45) is 0. The molecule has 2 aromatic carbocycles. The Morgan fingerprint density at radius 1 is 1.12 bits per heavy atom. The number of carboxylic acids is 1. The van der Waals surface area contributed by atoms with Crippen molar-refractivity contribution in [1.82, 2.24) is 9.78 Å². The van der Waals surface area contributed by atoms with Crippen LogP contribution < -0.4 is 5.56 Å². The lowest BCUT2D eigenvalue weighted by Crippen LogP contribution is -2.13. The van der Waals surface area contributed by atoms with E-state index in [0.29, 0.717) is 11.4 Å². The van der Waals surface area contributed by atoms with Crippen LogP contribution in [-0.4, -0.2) is 28.0 Å². The summed E-state index contributed by atoms with van der Waals surface area (Å²) in [4.78, 5) is 24.0. The molecule has 0 spiro atoms. The molecule has 8 nitrogen and oxygen atoms in total. The van der Waals surface area contributed by atoms with E-state index in [1.807, 2.05) is 18.2 Å². The largest absolute Gasteiger partial charge is 0.478 e. The van der Waals surface area contributed by atoms with Crippen LogP contribution in [0.15, 0.2) is 69.6 Å². The van der Waals surface area contributed by atoms with Crippen molar-refractivity contribution in [2.45, 2.75) is 6.61 Å². The molecular weight excluding hydrogens is 336 g/mol. The van der Waals surface area contributed by atoms with E-state index in [4.69, 9.17) is 4.74 Å². The SMILES string of the molecule is COCc1[nH]n(-c2ccccc2)c(=O)c1N=Nc1ccccc1C(=O)O. The molecule has 0 saturated heterocycles. The van der Waals surface area contributed by atoms with Gasteiger partial charge in [-0.25, -0.2) is 9.48 Å². The fourth-order valence-corrected chi connectivity index (χ4v) is 2.43. The van der Waals surface area contributed by atoms with Gasteiger partial charge < -0.3 is 9.84 Å². The zero-order chi connectivity index (χ0) is 18.5. The summed E-state index contributed by atoms with van der Waals surface area (Å²) < 4.78 is 6.45. The number of methoxy groups -OCH3 is 1. The number of nitrogens with one attached hydrogen (secondary N) is 1. The fraction of sp³-hybridized carbons (Fsp3) is 0.111. The summed E-state index contributed by atoms with van der Waals surface area (Å²) in [5, 5.41) is 20.1. The van der Waals surface area contributed by atoms with Gasteiger partial charge in [-0.1, -0.05) is 30.3 Å². The van der Waals surface area contributed by atoms with Gasteiger partial charge in [-0.15, -0.1) is 10.2 Å². The van der Waals surface area contributed by atoms with Gasteiger partial charge in [0.15, 0.2) is 5.69 Å². The number of ether oxygens (including phenoxy) is 1. The van der Waals surface area contributed by atoms with Crippen LogP contribution in [0.3, 0.4) is 0 Å². The summed E-state index contributed by atoms with van der Waals surface area (Å²) in [7, 11) is 1.50. The van der Waals surface area contributed by atoms with Gasteiger partial charge in [0.1, 0.15) is 5.69 Å². The van der Waals surface area contributed by atoms with Crippen LogP contribution in [0.2, 0.25) is 0 Å². The summed E-state index contributed by atoms with van der Waals surface area (Å²) >= 11 is 0. The zero-order valence-corrected chi connectivity index (χ0v) is 13.9. The number of carbonyl (C=O) groups is 1. The summed E-state index contributed by atoms with van der Waals surface area (Å²) in [5.41, 5.74) is 0.912. The van der Waals surface area contributed by atoms with Crippen molar-refractivity contribution in [2.75, 3.05) is 7.11 Å². The number of aromatic amines is 1. The minimum absolute atomic E-state index is 0.00321. The number of carboxylic acid groups (broad SMARTS) is 1. The second-order valence-corrected chi connectivity index (χ2v) is 5.37. The molecule has 132 valence electrons. The minimum Gasteiger partial charge on any atom is -0.478 e. The first-order chi connectivity index (χ1) is 12.6. The average Bonchev–Trinajstić information content (AvgIpc) is 2.97. The number of aromatic nitrogens is 2. The Morgan fingerprint density at radius 3 is 2.50 bits per heavy atom. The quantitative estimate of drug-likeness (QED) is 0.662. The third kappa shape index (κ3) is 3.45. The maximum absolute atomic E-state index is 12.7. The minimum atomic E-state index is -1.12. The Labute approximate surface area is 148 Å². The topological polar surface area (TPSA) is 109 Å². The van der Waals surface area contributed by atoms with Gasteiger partial charge in [0.2, 0.25) is 0 Å². The summed E-state index contributed by atoms with van der Waals surface area (Å²) in [6.45, 7) is 0.129. The standard InChI is InChI=1S/C18H16N4O4/c1-26-11-15-16(17(23)22(21-15)12-7-3-2-4-8-12)20-19-14-10-6-5-9-13(14)18(24)25/h2-10,21H,11H2,1H3,(H,24,25). The molecular formula is C18H16N4O4. The lowest BCUT2D eigenvalue weighted by molar-refractivity contribution is 0.0697. The molecule has 0 unspecified atom stereocenters. The number of hydrogen-bond acceptors (Lipinski definition) is 5. The Kier molecular flexibility index (Phi) is 5.04. The number of hydrogen-bond donors (Lipinski definition) is 2. The van der Waals surface area contributed by atoms with E-state index in [9.17, 15) is 14.7 Å². The maximum atomic E-state index is 12.7. The van der Waals surface area contributed by atoms with Gasteiger partial charge in [0.25, 0.3) is 5.56 Å². The third-order valence-corrected chi connectivity index (χ3v) is 3.63. The highest BCUT2D eigenvalue weighted by Gasteiger charge is 2.16. The second-order valence-electron chi connectivity index (χ2n) is 5.37. The molecule has 8 heteroatoms. The van der Waals surface area contributed by atoms with E-state index < -0.39 is 11.5 Å². The first-order valence-corrected chi connectivity index (χ1v) is 7.74. The second kappa shape index (κ2) is 7.58. The molecule has 0 radical (unpaired) electrons. The van der Waals surface area contributed by atoms with Crippen LogP contribution in [0.1, 0.15) is 16.1 Å². The van der Waals surface area contributed by atoms with Crippen LogP contribution in [0, 0.1) is 0 Å². The summed E-state index contributed by atoms with van der Waals surface area (Å²) in [5.74, 6) is -1.12. The zero-order valence-electron chi connectivity index (χ0n) is 13.9. The number of H-pyrrole nitrogens is 1. The number of rotatable bonds is 6. The molecule has 0 aliphatic carbocycles. The van der Waals surface area contributed by atoms with Crippen molar-refractivity contribution in [3.8, 4) is 5.69 Å². The predicted octanol–water partition coefficient (Wildman–Crippen LogP) is 3.43. The van der Waals surface area contributed by atoms with Crippen molar-refractivity contribution in [3.63, 3.8) is 0 Å². The van der Waals surface area contributed by atoms with Crippen LogP contribution >= 0.6 is 0 Å². The molecule has 0 bridgehead atoms. The molecule has 0 fully saturated rings. The lowest BCUT2D eigenvalue weighted by Gasteiger charge is -2.00. The first kappa shape index (κ1) is 17.3. The van der Waals surface area contributed by atoms with E-state index in [1.54, 1.807) is 24.3 Å². The molecule has 1 aromatic heterocycles. The third-order valence-electron chi connectivity index (χ3n) is 3.63. The van der Waals surface area contributed by atoms with Crippen molar-refractivity contribution < 1.29 is 14.6 Å². The van der Waals surface area contributed by atoms with E-state index in [0.717, 1.165) is 0 Å². The molecule has 0 aliphatic heterocycles. The Balaban J connectivity index is 2.06. The highest BCUT2D eigenvalue weighted by molar-refractivity contribution is 5.93. The van der Waals surface area contributed by atoms with Crippen molar-refractivity contribution >= 4 is 17.3 Å². The Morgan fingerprint density at radius 2 is 1.81 bits per heavy atom. The molecule has 26 heavy (non-hydrogen) atoms. The van der Waals surface area contributed by atoms with Gasteiger partial charge in [-0.2, -0.15) is 0 Å². The van der Waals surface area contributed by atoms with Gasteiger partial charge in [0, 0.05) is 7.11 Å². The van der Waals surface area contributed by atoms with Crippen LogP contribution in [-0.2, 0) is 11.3 Å². The number of para-hydroxylation sites is 1. The normalized spacial score (nSPS) is 11.1. The van der Waals surface area contributed by atoms with E-state index in [-0.39, 0.29) is 23.5 Å². The summed E-state index contributed by atoms with van der Waals surface area (Å²) in [6, 6.07) is 15.2. The maximum Gasteiger partial charge on any atom is 0.337 e. The molecule has 0 aliphatic rings. The van der Waals surface area contributed by atoms with Gasteiger partial charge in [-0.3, -0.25) is 9.89 Å². The van der Waals surface area contributed by atoms with Crippen LogP contribution in [0.25, 0.3) is 5.69 Å². The lowest BCUT2D eigenvalue weighted by atomic mass is 10.2. The molecule has 1 heterocycles.